The zero-order valence-corrected chi connectivity index (χ0v) is 23.0. The highest BCUT2D eigenvalue weighted by Gasteiger charge is 2.29. The average Bonchev–Trinajstić information content (AvgIpc) is 3.28. The van der Waals surface area contributed by atoms with E-state index in [1.54, 1.807) is 18.2 Å². The molecule has 0 aliphatic heterocycles. The number of phenolic OH excluding ortho intramolecular Hbond substituents is 1. The van der Waals surface area contributed by atoms with E-state index >= 15 is 0 Å². The fourth-order valence-electron chi connectivity index (χ4n) is 5.18. The van der Waals surface area contributed by atoms with Gasteiger partial charge in [-0.2, -0.15) is 0 Å². The van der Waals surface area contributed by atoms with Crippen molar-refractivity contribution in [3.63, 3.8) is 0 Å². The third-order valence-corrected chi connectivity index (χ3v) is 7.16. The molecule has 216 valence electrons. The highest BCUT2D eigenvalue weighted by atomic mass is 16.6. The second-order valence-corrected chi connectivity index (χ2v) is 10.1. The molecule has 1 aliphatic carbocycles. The van der Waals surface area contributed by atoms with Gasteiger partial charge in [0.2, 0.25) is 0 Å². The Hall–Kier alpha value is -4.53. The predicted octanol–water partition coefficient (Wildman–Crippen LogP) is 5.00. The Morgan fingerprint density at radius 2 is 1.49 bits per heavy atom. The molecule has 3 aromatic carbocycles. The van der Waals surface area contributed by atoms with E-state index in [1.807, 2.05) is 30.3 Å². The van der Waals surface area contributed by atoms with Gasteiger partial charge in [-0.1, -0.05) is 60.7 Å². The number of carbonyl (C=O) groups excluding carboxylic acids is 3. The van der Waals surface area contributed by atoms with Crippen molar-refractivity contribution in [3.05, 3.63) is 89.5 Å². The fourth-order valence-corrected chi connectivity index (χ4v) is 5.18. The second kappa shape index (κ2) is 14.7. The topological polar surface area (TPSA) is 140 Å². The Morgan fingerprint density at radius 1 is 0.829 bits per heavy atom. The third-order valence-electron chi connectivity index (χ3n) is 7.16. The number of alkyl carbamates (subject to hydrolysis) is 1. The fraction of sp³-hybridized carbons (Fsp3) is 0.344. The highest BCUT2D eigenvalue weighted by molar-refractivity contribution is 5.83. The SMILES string of the molecule is NC(=O)O[C@@H](CCCc1cccc(O)c1)C(=O)NCCCCCNC(=O)OCC1c2ccccc2-c2ccccc21. The molecular weight excluding hydrogens is 522 g/mol. The summed E-state index contributed by atoms with van der Waals surface area (Å²) in [5.41, 5.74) is 10.8. The monoisotopic (exact) mass is 559 g/mol. The Balaban J connectivity index is 1.10. The number of ether oxygens (including phenoxy) is 2. The van der Waals surface area contributed by atoms with Crippen molar-refractivity contribution in [1.29, 1.82) is 0 Å². The summed E-state index contributed by atoms with van der Waals surface area (Å²) < 4.78 is 10.6. The van der Waals surface area contributed by atoms with Crippen LogP contribution in [-0.4, -0.2) is 49.0 Å². The molecule has 3 amide bonds. The zero-order chi connectivity index (χ0) is 29.0. The molecule has 9 nitrogen and oxygen atoms in total. The van der Waals surface area contributed by atoms with Crippen LogP contribution in [0, 0.1) is 0 Å². The Morgan fingerprint density at radius 3 is 2.15 bits per heavy atom. The summed E-state index contributed by atoms with van der Waals surface area (Å²) in [6.07, 6.45) is 1.31. The minimum Gasteiger partial charge on any atom is -0.508 e. The van der Waals surface area contributed by atoms with Gasteiger partial charge in [-0.3, -0.25) is 4.79 Å². The molecule has 41 heavy (non-hydrogen) atoms. The maximum Gasteiger partial charge on any atom is 0.407 e. The van der Waals surface area contributed by atoms with Gasteiger partial charge in [0.25, 0.3) is 5.91 Å². The molecule has 1 aliphatic rings. The van der Waals surface area contributed by atoms with Crippen LogP contribution in [-0.2, 0) is 20.7 Å². The summed E-state index contributed by atoms with van der Waals surface area (Å²) in [7, 11) is 0. The largest absolute Gasteiger partial charge is 0.508 e. The summed E-state index contributed by atoms with van der Waals surface area (Å²) in [5.74, 6) is -0.194. The lowest BCUT2D eigenvalue weighted by Crippen LogP contribution is -2.39. The number of aryl methyl sites for hydroxylation is 1. The molecule has 0 heterocycles. The molecule has 0 saturated carbocycles. The number of hydrogen-bond donors (Lipinski definition) is 4. The molecular formula is C32H37N3O6. The number of nitrogens with one attached hydrogen (secondary N) is 2. The van der Waals surface area contributed by atoms with E-state index in [4.69, 9.17) is 15.2 Å². The molecule has 0 bridgehead atoms. The number of aromatic hydroxyl groups is 1. The lowest BCUT2D eigenvalue weighted by Gasteiger charge is -2.16. The number of carbonyl (C=O) groups is 3. The molecule has 0 saturated heterocycles. The van der Waals surface area contributed by atoms with E-state index in [0.29, 0.717) is 38.8 Å². The maximum absolute atomic E-state index is 12.5. The summed E-state index contributed by atoms with van der Waals surface area (Å²) in [6.45, 7) is 1.15. The Kier molecular flexibility index (Phi) is 10.6. The van der Waals surface area contributed by atoms with Crippen molar-refractivity contribution in [2.45, 2.75) is 50.5 Å². The minimum atomic E-state index is -0.998. The number of unbranched alkanes of at least 4 members (excludes halogenated alkanes) is 2. The van der Waals surface area contributed by atoms with Crippen LogP contribution in [0.25, 0.3) is 11.1 Å². The molecule has 5 N–H and O–H groups in total. The lowest BCUT2D eigenvalue weighted by molar-refractivity contribution is -0.129. The number of amides is 3. The number of fused-ring (bicyclic) bond motifs is 3. The van der Waals surface area contributed by atoms with Gasteiger partial charge in [-0.15, -0.1) is 0 Å². The van der Waals surface area contributed by atoms with Crippen molar-refractivity contribution < 1.29 is 29.0 Å². The quantitative estimate of drug-likeness (QED) is 0.205. The predicted molar refractivity (Wildman–Crippen MR) is 155 cm³/mol. The number of phenols is 1. The summed E-state index contributed by atoms with van der Waals surface area (Å²) in [5, 5.41) is 15.2. The smallest absolute Gasteiger partial charge is 0.407 e. The van der Waals surface area contributed by atoms with E-state index in [9.17, 15) is 19.5 Å². The van der Waals surface area contributed by atoms with Crippen molar-refractivity contribution in [1.82, 2.24) is 10.6 Å². The molecule has 0 unspecified atom stereocenters. The number of primary amides is 1. The standard InChI is InChI=1S/C32H37N3O6/c33-31(38)41-29(17-9-11-22-10-8-12-23(36)20-22)30(37)34-18-6-1-7-19-35-32(39)40-21-28-26-15-4-2-13-24(26)25-14-3-5-16-27(25)28/h2-5,8,10,12-16,20,28-29,36H,1,6-7,9,11,17-19,21H2,(H2,33,38)(H,34,37)(H,35,39)/t29-/m0/s1. The Bertz CT molecular complexity index is 1300. The van der Waals surface area contributed by atoms with E-state index in [0.717, 1.165) is 18.4 Å². The number of rotatable bonds is 14. The second-order valence-electron chi connectivity index (χ2n) is 10.1. The van der Waals surface area contributed by atoms with Gasteiger partial charge in [0.1, 0.15) is 12.4 Å². The van der Waals surface area contributed by atoms with Crippen molar-refractivity contribution >= 4 is 18.1 Å². The minimum absolute atomic E-state index is 0.0193. The van der Waals surface area contributed by atoms with Gasteiger partial charge in [-0.25, -0.2) is 9.59 Å². The van der Waals surface area contributed by atoms with Gasteiger partial charge in [-0.05, 0) is 78.5 Å². The van der Waals surface area contributed by atoms with Crippen LogP contribution in [0.5, 0.6) is 5.75 Å². The van der Waals surface area contributed by atoms with Crippen molar-refractivity contribution in [2.24, 2.45) is 5.73 Å². The lowest BCUT2D eigenvalue weighted by atomic mass is 9.98. The molecule has 9 heteroatoms. The first-order valence-corrected chi connectivity index (χ1v) is 14.0. The highest BCUT2D eigenvalue weighted by Crippen LogP contribution is 2.44. The van der Waals surface area contributed by atoms with Crippen LogP contribution in [0.4, 0.5) is 9.59 Å². The van der Waals surface area contributed by atoms with Gasteiger partial charge in [0.15, 0.2) is 6.10 Å². The zero-order valence-electron chi connectivity index (χ0n) is 23.0. The maximum atomic E-state index is 12.5. The Labute approximate surface area is 240 Å². The van der Waals surface area contributed by atoms with E-state index < -0.39 is 24.2 Å². The van der Waals surface area contributed by atoms with Gasteiger partial charge >= 0.3 is 12.2 Å². The molecule has 4 rings (SSSR count). The van der Waals surface area contributed by atoms with Crippen LogP contribution in [0.15, 0.2) is 72.8 Å². The van der Waals surface area contributed by atoms with Gasteiger partial charge < -0.3 is 30.9 Å². The van der Waals surface area contributed by atoms with Gasteiger partial charge in [0, 0.05) is 19.0 Å². The third kappa shape index (κ3) is 8.48. The van der Waals surface area contributed by atoms with E-state index in [1.165, 1.54) is 22.3 Å². The van der Waals surface area contributed by atoms with Crippen LogP contribution in [0.2, 0.25) is 0 Å². The number of hydrogen-bond acceptors (Lipinski definition) is 6. The number of nitrogens with two attached hydrogens (primary N) is 1. The van der Waals surface area contributed by atoms with Crippen LogP contribution >= 0.6 is 0 Å². The van der Waals surface area contributed by atoms with Gasteiger partial charge in [0.05, 0.1) is 0 Å². The van der Waals surface area contributed by atoms with Crippen LogP contribution in [0.3, 0.4) is 0 Å². The first-order chi connectivity index (χ1) is 19.9. The molecule has 3 aromatic rings. The molecule has 0 aromatic heterocycles. The first-order valence-electron chi connectivity index (χ1n) is 14.0. The summed E-state index contributed by atoms with van der Waals surface area (Å²) in [6, 6.07) is 23.3. The first kappa shape index (κ1) is 29.5. The number of benzene rings is 3. The van der Waals surface area contributed by atoms with Crippen LogP contribution in [0.1, 0.15) is 54.7 Å². The normalized spacial score (nSPS) is 12.6. The molecule has 1 atom stereocenters. The summed E-state index contributed by atoms with van der Waals surface area (Å²) >= 11 is 0. The van der Waals surface area contributed by atoms with Crippen molar-refractivity contribution in [2.75, 3.05) is 19.7 Å². The average molecular weight is 560 g/mol. The molecule has 0 spiro atoms. The van der Waals surface area contributed by atoms with E-state index in [2.05, 4.69) is 34.9 Å². The van der Waals surface area contributed by atoms with Crippen molar-refractivity contribution in [3.8, 4) is 16.9 Å². The summed E-state index contributed by atoms with van der Waals surface area (Å²) in [4.78, 5) is 36.1. The van der Waals surface area contributed by atoms with E-state index in [-0.39, 0.29) is 18.3 Å². The molecule has 0 radical (unpaired) electrons. The van der Waals surface area contributed by atoms with Crippen LogP contribution < -0.4 is 16.4 Å². The molecule has 0 fully saturated rings.